The van der Waals surface area contributed by atoms with Crippen molar-refractivity contribution in [1.82, 2.24) is 15.5 Å². The fourth-order valence-electron chi connectivity index (χ4n) is 2.75. The second kappa shape index (κ2) is 7.45. The molecule has 0 aromatic heterocycles. The summed E-state index contributed by atoms with van der Waals surface area (Å²) < 4.78 is 0. The number of rotatable bonds is 4. The van der Waals surface area contributed by atoms with Gasteiger partial charge in [0.25, 0.3) is 0 Å². The van der Waals surface area contributed by atoms with E-state index >= 15 is 0 Å². The summed E-state index contributed by atoms with van der Waals surface area (Å²) in [5, 5.41) is 6.19. The van der Waals surface area contributed by atoms with Gasteiger partial charge in [0.05, 0.1) is 0 Å². The summed E-state index contributed by atoms with van der Waals surface area (Å²) in [7, 11) is 0. The molecule has 0 radical (unpaired) electrons. The molecule has 0 saturated carbocycles. The van der Waals surface area contributed by atoms with Gasteiger partial charge in [-0.15, -0.1) is 12.4 Å². The van der Waals surface area contributed by atoms with Gasteiger partial charge in [-0.25, -0.2) is 0 Å². The molecule has 5 nitrogen and oxygen atoms in total. The molecule has 21 heavy (non-hydrogen) atoms. The molecule has 0 spiro atoms. The van der Waals surface area contributed by atoms with E-state index in [2.05, 4.69) is 31.4 Å². The van der Waals surface area contributed by atoms with Crippen molar-refractivity contribution in [2.75, 3.05) is 26.2 Å². The molecular formula is C15H28ClN3O2. The minimum atomic E-state index is -0.252. The molecule has 0 aromatic carbocycles. The third-order valence-corrected chi connectivity index (χ3v) is 3.99. The lowest BCUT2D eigenvalue weighted by atomic mass is 9.91. The Bertz CT molecular complexity index is 378. The summed E-state index contributed by atoms with van der Waals surface area (Å²) in [6.07, 6.45) is 2.23. The van der Waals surface area contributed by atoms with Gasteiger partial charge >= 0.3 is 0 Å². The molecule has 2 rings (SSSR count). The summed E-state index contributed by atoms with van der Waals surface area (Å²) in [6, 6.07) is -0.252. The Morgan fingerprint density at radius 3 is 2.48 bits per heavy atom. The van der Waals surface area contributed by atoms with E-state index < -0.39 is 0 Å². The Balaban J connectivity index is 0.00000220. The maximum absolute atomic E-state index is 12.3. The first-order chi connectivity index (χ1) is 9.37. The van der Waals surface area contributed by atoms with Gasteiger partial charge in [-0.3, -0.25) is 9.59 Å². The lowest BCUT2D eigenvalue weighted by molar-refractivity contribution is -0.139. The standard InChI is InChI=1S/C15H27N3O2.ClH/c1-15(2,3)7-13(19)18-6-4-5-12(18)14(20)17-10-11-8-16-9-11;/h11-12,16H,4-10H2,1-3H3,(H,17,20);1H. The molecular weight excluding hydrogens is 290 g/mol. The highest BCUT2D eigenvalue weighted by atomic mass is 35.5. The quantitative estimate of drug-likeness (QED) is 0.818. The van der Waals surface area contributed by atoms with Crippen molar-refractivity contribution in [2.24, 2.45) is 11.3 Å². The molecule has 2 heterocycles. The Hall–Kier alpha value is -0.810. The normalized spacial score (nSPS) is 22.4. The van der Waals surface area contributed by atoms with Gasteiger partial charge in [-0.2, -0.15) is 0 Å². The topological polar surface area (TPSA) is 61.4 Å². The van der Waals surface area contributed by atoms with Crippen LogP contribution in [0.4, 0.5) is 0 Å². The second-order valence-corrected chi connectivity index (χ2v) is 7.25. The molecule has 0 aromatic rings. The summed E-state index contributed by atoms with van der Waals surface area (Å²) in [6.45, 7) is 9.58. The zero-order valence-electron chi connectivity index (χ0n) is 13.3. The monoisotopic (exact) mass is 317 g/mol. The first-order valence-corrected chi connectivity index (χ1v) is 7.65. The average Bonchev–Trinajstić information content (AvgIpc) is 2.72. The molecule has 122 valence electrons. The smallest absolute Gasteiger partial charge is 0.242 e. The van der Waals surface area contributed by atoms with Gasteiger partial charge in [0, 0.05) is 38.5 Å². The first-order valence-electron chi connectivity index (χ1n) is 7.65. The third kappa shape index (κ3) is 5.15. The Morgan fingerprint density at radius 1 is 1.29 bits per heavy atom. The zero-order valence-corrected chi connectivity index (χ0v) is 14.1. The van der Waals surface area contributed by atoms with E-state index in [0.29, 0.717) is 12.3 Å². The van der Waals surface area contributed by atoms with Crippen LogP contribution in [0.15, 0.2) is 0 Å². The molecule has 0 bridgehead atoms. The summed E-state index contributed by atoms with van der Waals surface area (Å²) >= 11 is 0. The molecule has 2 amide bonds. The molecule has 0 aliphatic carbocycles. The second-order valence-electron chi connectivity index (χ2n) is 7.25. The largest absolute Gasteiger partial charge is 0.354 e. The lowest BCUT2D eigenvalue weighted by Crippen LogP contribution is -2.52. The van der Waals surface area contributed by atoms with Gasteiger partial charge in [-0.1, -0.05) is 20.8 Å². The third-order valence-electron chi connectivity index (χ3n) is 3.99. The van der Waals surface area contributed by atoms with Crippen molar-refractivity contribution < 1.29 is 9.59 Å². The van der Waals surface area contributed by atoms with E-state index in [9.17, 15) is 9.59 Å². The maximum atomic E-state index is 12.3. The number of nitrogens with one attached hydrogen (secondary N) is 2. The number of hydrogen-bond acceptors (Lipinski definition) is 3. The van der Waals surface area contributed by atoms with E-state index in [-0.39, 0.29) is 35.7 Å². The number of likely N-dealkylation sites (tertiary alicyclic amines) is 1. The number of carbonyl (C=O) groups excluding carboxylic acids is 2. The van der Waals surface area contributed by atoms with Crippen molar-refractivity contribution in [1.29, 1.82) is 0 Å². The van der Waals surface area contributed by atoms with Crippen molar-refractivity contribution >= 4 is 24.2 Å². The van der Waals surface area contributed by atoms with Crippen LogP contribution in [0.5, 0.6) is 0 Å². The Kier molecular flexibility index (Phi) is 6.47. The van der Waals surface area contributed by atoms with E-state index in [1.165, 1.54) is 0 Å². The Labute approximate surface area is 133 Å². The van der Waals surface area contributed by atoms with Crippen LogP contribution in [-0.4, -0.2) is 48.9 Å². The van der Waals surface area contributed by atoms with Crippen molar-refractivity contribution in [3.8, 4) is 0 Å². The number of hydrogen-bond donors (Lipinski definition) is 2. The maximum Gasteiger partial charge on any atom is 0.242 e. The first kappa shape index (κ1) is 18.2. The highest BCUT2D eigenvalue weighted by Gasteiger charge is 2.35. The molecule has 2 fully saturated rings. The van der Waals surface area contributed by atoms with E-state index in [1.54, 1.807) is 4.90 Å². The van der Waals surface area contributed by atoms with Crippen LogP contribution >= 0.6 is 12.4 Å². The van der Waals surface area contributed by atoms with Gasteiger partial charge < -0.3 is 15.5 Å². The van der Waals surface area contributed by atoms with Crippen molar-refractivity contribution in [3.63, 3.8) is 0 Å². The highest BCUT2D eigenvalue weighted by molar-refractivity contribution is 5.88. The number of nitrogens with zero attached hydrogens (tertiary/aromatic N) is 1. The van der Waals surface area contributed by atoms with Gasteiger partial charge in [0.1, 0.15) is 6.04 Å². The minimum absolute atomic E-state index is 0. The molecule has 6 heteroatoms. The van der Waals surface area contributed by atoms with Gasteiger partial charge in [0.2, 0.25) is 11.8 Å². The minimum Gasteiger partial charge on any atom is -0.354 e. The van der Waals surface area contributed by atoms with Crippen LogP contribution in [0.25, 0.3) is 0 Å². The summed E-state index contributed by atoms with van der Waals surface area (Å²) in [4.78, 5) is 26.3. The molecule has 2 aliphatic heterocycles. The fraction of sp³-hybridized carbons (Fsp3) is 0.867. The van der Waals surface area contributed by atoms with Crippen LogP contribution in [0.3, 0.4) is 0 Å². The predicted octanol–water partition coefficient (Wildman–Crippen LogP) is 1.17. The molecule has 2 aliphatic rings. The average molecular weight is 318 g/mol. The van der Waals surface area contributed by atoms with Crippen LogP contribution in [-0.2, 0) is 9.59 Å². The molecule has 2 saturated heterocycles. The summed E-state index contributed by atoms with van der Waals surface area (Å²) in [5.74, 6) is 0.691. The van der Waals surface area contributed by atoms with Crippen LogP contribution < -0.4 is 10.6 Å². The van der Waals surface area contributed by atoms with E-state index in [1.807, 2.05) is 0 Å². The van der Waals surface area contributed by atoms with E-state index in [4.69, 9.17) is 0 Å². The summed E-state index contributed by atoms with van der Waals surface area (Å²) in [5.41, 5.74) is -0.0295. The van der Waals surface area contributed by atoms with Gasteiger partial charge in [0.15, 0.2) is 0 Å². The SMILES string of the molecule is CC(C)(C)CC(=O)N1CCCC1C(=O)NCC1CNC1.Cl. The number of amides is 2. The van der Waals surface area contributed by atoms with E-state index in [0.717, 1.165) is 39.0 Å². The van der Waals surface area contributed by atoms with Crippen LogP contribution in [0.2, 0.25) is 0 Å². The van der Waals surface area contributed by atoms with Crippen molar-refractivity contribution in [2.45, 2.75) is 46.1 Å². The molecule has 1 atom stereocenters. The predicted molar refractivity (Wildman–Crippen MR) is 85.4 cm³/mol. The molecule has 2 N–H and O–H groups in total. The van der Waals surface area contributed by atoms with Gasteiger partial charge in [-0.05, 0) is 18.3 Å². The molecule has 1 unspecified atom stereocenters. The zero-order chi connectivity index (χ0) is 14.8. The van der Waals surface area contributed by atoms with Crippen LogP contribution in [0.1, 0.15) is 40.0 Å². The highest BCUT2D eigenvalue weighted by Crippen LogP contribution is 2.24. The number of carbonyl (C=O) groups is 2. The van der Waals surface area contributed by atoms with Crippen molar-refractivity contribution in [3.05, 3.63) is 0 Å². The lowest BCUT2D eigenvalue weighted by Gasteiger charge is -2.30. The number of halogens is 1. The van der Waals surface area contributed by atoms with Crippen LogP contribution in [0, 0.1) is 11.3 Å². The fourth-order valence-corrected chi connectivity index (χ4v) is 2.75. The Morgan fingerprint density at radius 2 is 1.95 bits per heavy atom.